The molecule has 0 saturated carbocycles. The number of morpholine rings is 1. The SMILES string of the molecule is C=CCN(CCN1CCOCC1)C(=O)C1N(CCO)C(=O)[C@@H]2[C@@H](C(=O)N(CC=C)c3ccccc3)[C@@H]3OC12CC3Br. The molecule has 3 amide bonds. The number of benzene rings is 1. The maximum Gasteiger partial charge on any atom is 0.248 e. The van der Waals surface area contributed by atoms with Gasteiger partial charge in [0, 0.05) is 56.3 Å². The fourth-order valence-electron chi connectivity index (χ4n) is 6.99. The van der Waals surface area contributed by atoms with Crippen molar-refractivity contribution < 1.29 is 29.0 Å². The molecule has 4 saturated heterocycles. The van der Waals surface area contributed by atoms with Crippen LogP contribution in [0, 0.1) is 11.8 Å². The molecule has 4 heterocycles. The third-order valence-electron chi connectivity index (χ3n) is 8.75. The lowest BCUT2D eigenvalue weighted by Gasteiger charge is -2.38. The van der Waals surface area contributed by atoms with Gasteiger partial charge in [0.15, 0.2) is 0 Å². The van der Waals surface area contributed by atoms with Gasteiger partial charge < -0.3 is 29.3 Å². The largest absolute Gasteiger partial charge is 0.395 e. The highest BCUT2D eigenvalue weighted by molar-refractivity contribution is 9.09. The quantitative estimate of drug-likeness (QED) is 0.274. The molecule has 1 N–H and O–H groups in total. The van der Waals surface area contributed by atoms with Gasteiger partial charge in [0.1, 0.15) is 11.6 Å². The predicted molar refractivity (Wildman–Crippen MR) is 158 cm³/mol. The van der Waals surface area contributed by atoms with Gasteiger partial charge >= 0.3 is 0 Å². The van der Waals surface area contributed by atoms with Crippen molar-refractivity contribution in [2.24, 2.45) is 11.8 Å². The summed E-state index contributed by atoms with van der Waals surface area (Å²) in [6, 6.07) is 8.33. The summed E-state index contributed by atoms with van der Waals surface area (Å²) < 4.78 is 12.1. The molecule has 4 fully saturated rings. The minimum absolute atomic E-state index is 0.0180. The Morgan fingerprint density at radius 1 is 1.10 bits per heavy atom. The van der Waals surface area contributed by atoms with Gasteiger partial charge in [-0.25, -0.2) is 0 Å². The number of ether oxygens (including phenoxy) is 2. The molecular weight excluding hydrogens is 592 g/mol. The first-order valence-electron chi connectivity index (χ1n) is 14.3. The predicted octanol–water partition coefficient (Wildman–Crippen LogP) is 1.29. The Morgan fingerprint density at radius 2 is 1.80 bits per heavy atom. The molecule has 0 aromatic heterocycles. The molecule has 0 radical (unpaired) electrons. The highest BCUT2D eigenvalue weighted by Crippen LogP contribution is 2.60. The number of fused-ring (bicyclic) bond motifs is 1. The van der Waals surface area contributed by atoms with Gasteiger partial charge in [-0.3, -0.25) is 19.3 Å². The highest BCUT2D eigenvalue weighted by Gasteiger charge is 2.76. The number of anilines is 1. The highest BCUT2D eigenvalue weighted by atomic mass is 79.9. The van der Waals surface area contributed by atoms with E-state index in [1.807, 2.05) is 30.3 Å². The van der Waals surface area contributed by atoms with Crippen LogP contribution in [0.3, 0.4) is 0 Å². The average molecular weight is 632 g/mol. The summed E-state index contributed by atoms with van der Waals surface area (Å²) in [6.45, 7) is 12.0. The second-order valence-electron chi connectivity index (χ2n) is 11.0. The summed E-state index contributed by atoms with van der Waals surface area (Å²) in [6.07, 6.45) is 3.18. The Kier molecular flexibility index (Phi) is 9.30. The van der Waals surface area contributed by atoms with Crippen LogP contribution in [0.5, 0.6) is 0 Å². The van der Waals surface area contributed by atoms with Gasteiger partial charge in [0.05, 0.1) is 37.8 Å². The number of carbonyl (C=O) groups excluding carboxylic acids is 3. The minimum atomic E-state index is -1.18. The minimum Gasteiger partial charge on any atom is -0.395 e. The van der Waals surface area contributed by atoms with Crippen LogP contribution in [0.2, 0.25) is 0 Å². The number of nitrogens with zero attached hydrogens (tertiary/aromatic N) is 4. The van der Waals surface area contributed by atoms with Crippen LogP contribution in [0.1, 0.15) is 6.42 Å². The number of rotatable bonds is 12. The van der Waals surface area contributed by atoms with E-state index in [0.717, 1.165) is 13.1 Å². The van der Waals surface area contributed by atoms with E-state index in [1.54, 1.807) is 22.0 Å². The molecule has 4 aliphatic heterocycles. The van der Waals surface area contributed by atoms with Gasteiger partial charge in [-0.05, 0) is 18.6 Å². The third kappa shape index (κ3) is 5.38. The lowest BCUT2D eigenvalue weighted by molar-refractivity contribution is -0.148. The van der Waals surface area contributed by atoms with Crippen molar-refractivity contribution in [2.75, 3.05) is 70.5 Å². The number of aliphatic hydroxyl groups is 1. The van der Waals surface area contributed by atoms with Crippen LogP contribution in [0.15, 0.2) is 55.6 Å². The van der Waals surface area contributed by atoms with Crippen molar-refractivity contribution in [3.05, 3.63) is 55.6 Å². The number of aliphatic hydroxyl groups excluding tert-OH is 1. The van der Waals surface area contributed by atoms with E-state index in [2.05, 4.69) is 34.0 Å². The number of halogens is 1. The normalized spacial score (nSPS) is 30.7. The molecule has 2 bridgehead atoms. The lowest BCUT2D eigenvalue weighted by atomic mass is 9.70. The van der Waals surface area contributed by atoms with Crippen LogP contribution >= 0.6 is 15.9 Å². The van der Waals surface area contributed by atoms with Gasteiger partial charge in [-0.15, -0.1) is 13.2 Å². The summed E-state index contributed by atoms with van der Waals surface area (Å²) in [5.41, 5.74) is -0.483. The van der Waals surface area contributed by atoms with E-state index in [0.29, 0.717) is 45.0 Å². The first-order chi connectivity index (χ1) is 19.9. The molecule has 222 valence electrons. The topological polar surface area (TPSA) is 103 Å². The number of β-amino-alcohol motifs (C(OH)–C–C–N with tert-alkyl or cyclic N) is 1. The number of para-hydroxylation sites is 1. The van der Waals surface area contributed by atoms with E-state index in [1.165, 1.54) is 4.90 Å². The first kappa shape index (κ1) is 29.9. The standard InChI is InChI=1S/C30H39BrN4O6/c1-3-10-33(13-12-32-15-18-40-19-16-32)29(39)26-30-20-22(31)25(41-30)23(24(30)28(38)35(26)14-17-36)27(37)34(11-4-2)21-8-6-5-7-9-21/h3-9,22-26,36H,1-2,10-20H2/t22?,23-,24+,25-,26?,30?/m1/s1. The van der Waals surface area contributed by atoms with Gasteiger partial charge in [0.2, 0.25) is 17.7 Å². The number of carbonyl (C=O) groups is 3. The smallest absolute Gasteiger partial charge is 0.248 e. The Hall–Kier alpha value is -2.57. The molecular formula is C30H39BrN4O6. The second-order valence-corrected chi connectivity index (χ2v) is 12.2. The Morgan fingerprint density at radius 3 is 2.46 bits per heavy atom. The molecule has 11 heteroatoms. The maximum absolute atomic E-state index is 14.4. The molecule has 1 spiro atoms. The van der Waals surface area contributed by atoms with Crippen molar-refractivity contribution in [1.82, 2.24) is 14.7 Å². The monoisotopic (exact) mass is 630 g/mol. The summed E-state index contributed by atoms with van der Waals surface area (Å²) >= 11 is 3.73. The number of amides is 3. The molecule has 41 heavy (non-hydrogen) atoms. The van der Waals surface area contributed by atoms with Crippen LogP contribution < -0.4 is 4.90 Å². The number of alkyl halides is 1. The number of hydrogen-bond donors (Lipinski definition) is 1. The fourth-order valence-corrected chi connectivity index (χ4v) is 7.93. The molecule has 4 aliphatic rings. The van der Waals surface area contributed by atoms with Gasteiger partial charge in [-0.2, -0.15) is 0 Å². The Labute approximate surface area is 249 Å². The molecule has 10 nitrogen and oxygen atoms in total. The van der Waals surface area contributed by atoms with Crippen LogP contribution in [-0.2, 0) is 23.9 Å². The van der Waals surface area contributed by atoms with E-state index < -0.39 is 29.6 Å². The van der Waals surface area contributed by atoms with Crippen molar-refractivity contribution >= 4 is 39.3 Å². The molecule has 5 rings (SSSR count). The molecule has 3 unspecified atom stereocenters. The zero-order chi connectivity index (χ0) is 29.1. The van der Waals surface area contributed by atoms with Crippen molar-refractivity contribution in [2.45, 2.75) is 29.0 Å². The zero-order valence-electron chi connectivity index (χ0n) is 23.3. The van der Waals surface area contributed by atoms with Crippen molar-refractivity contribution in [3.63, 3.8) is 0 Å². The van der Waals surface area contributed by atoms with E-state index in [4.69, 9.17) is 9.47 Å². The summed E-state index contributed by atoms with van der Waals surface area (Å²) in [4.78, 5) is 49.5. The summed E-state index contributed by atoms with van der Waals surface area (Å²) in [5, 5.41) is 9.93. The zero-order valence-corrected chi connectivity index (χ0v) is 24.9. The maximum atomic E-state index is 14.4. The number of likely N-dealkylation sites (tertiary alicyclic amines) is 1. The van der Waals surface area contributed by atoms with Crippen LogP contribution in [-0.4, -0.2) is 126 Å². The fraction of sp³-hybridized carbons (Fsp3) is 0.567. The van der Waals surface area contributed by atoms with Crippen LogP contribution in [0.25, 0.3) is 0 Å². The van der Waals surface area contributed by atoms with Crippen molar-refractivity contribution in [1.29, 1.82) is 0 Å². The first-order valence-corrected chi connectivity index (χ1v) is 15.2. The van der Waals surface area contributed by atoms with Crippen molar-refractivity contribution in [3.8, 4) is 0 Å². The molecule has 1 aromatic carbocycles. The molecule has 6 atom stereocenters. The van der Waals surface area contributed by atoms with E-state index in [9.17, 15) is 19.5 Å². The second kappa shape index (κ2) is 12.7. The molecule has 1 aromatic rings. The van der Waals surface area contributed by atoms with E-state index in [-0.39, 0.29) is 42.2 Å². The van der Waals surface area contributed by atoms with E-state index >= 15 is 0 Å². The average Bonchev–Trinajstić information content (AvgIpc) is 3.58. The van der Waals surface area contributed by atoms with Gasteiger partial charge in [0.25, 0.3) is 0 Å². The summed E-state index contributed by atoms with van der Waals surface area (Å²) in [7, 11) is 0. The number of hydrogen-bond acceptors (Lipinski definition) is 7. The molecule has 0 aliphatic carbocycles. The summed E-state index contributed by atoms with van der Waals surface area (Å²) in [5.74, 6) is -2.44. The van der Waals surface area contributed by atoms with Crippen LogP contribution in [0.4, 0.5) is 5.69 Å². The Bertz CT molecular complexity index is 1150. The van der Waals surface area contributed by atoms with Gasteiger partial charge in [-0.1, -0.05) is 46.3 Å². The lowest BCUT2D eigenvalue weighted by Crippen LogP contribution is -2.58. The third-order valence-corrected chi connectivity index (χ3v) is 9.59. The Balaban J connectivity index is 1.47.